The minimum absolute atomic E-state index is 0. The van der Waals surface area contributed by atoms with Crippen LogP contribution in [0.2, 0.25) is 0 Å². The zero-order valence-corrected chi connectivity index (χ0v) is 20.9. The summed E-state index contributed by atoms with van der Waals surface area (Å²) in [6, 6.07) is 13.4. The summed E-state index contributed by atoms with van der Waals surface area (Å²) in [4.78, 5) is 25.5. The number of ether oxygens (including phenoxy) is 2. The molecule has 1 heterocycles. The topological polar surface area (TPSA) is 108 Å². The number of carbonyl (C=O) groups is 1. The third-order valence-corrected chi connectivity index (χ3v) is 6.55. The number of nitrogen functional groups attached to an aromatic ring is 1. The van der Waals surface area contributed by atoms with Gasteiger partial charge < -0.3 is 15.2 Å². The molecular weight excluding hydrogens is 470 g/mol. The van der Waals surface area contributed by atoms with Crippen molar-refractivity contribution in [3.8, 4) is 5.75 Å². The van der Waals surface area contributed by atoms with E-state index in [2.05, 4.69) is 24.0 Å². The normalized spacial score (nSPS) is 15.2. The van der Waals surface area contributed by atoms with Gasteiger partial charge in [0.25, 0.3) is 0 Å². The minimum Gasteiger partial charge on any atom is -0.490 e. The van der Waals surface area contributed by atoms with Gasteiger partial charge in [0.2, 0.25) is 0 Å². The summed E-state index contributed by atoms with van der Waals surface area (Å²) in [5.74, 6) is 0.00846. The molecule has 0 aliphatic carbocycles. The van der Waals surface area contributed by atoms with Gasteiger partial charge in [-0.05, 0) is 71.5 Å². The smallest absolute Gasteiger partial charge is 0.311 e. The first-order chi connectivity index (χ1) is 16.3. The number of anilines is 1. The van der Waals surface area contributed by atoms with Gasteiger partial charge in [-0.25, -0.2) is 0 Å². The molecule has 186 valence electrons. The van der Waals surface area contributed by atoms with Crippen molar-refractivity contribution in [2.45, 2.75) is 39.3 Å². The van der Waals surface area contributed by atoms with Gasteiger partial charge in [0.15, 0.2) is 5.75 Å². The van der Waals surface area contributed by atoms with Crippen molar-refractivity contribution >= 4 is 40.5 Å². The predicted molar refractivity (Wildman–Crippen MR) is 138 cm³/mol. The second kappa shape index (κ2) is 10.9. The van der Waals surface area contributed by atoms with Crippen molar-refractivity contribution < 1.29 is 19.2 Å². The first-order valence-electron chi connectivity index (χ1n) is 11.4. The van der Waals surface area contributed by atoms with E-state index in [9.17, 15) is 14.9 Å². The van der Waals surface area contributed by atoms with E-state index in [-0.39, 0.29) is 36.5 Å². The van der Waals surface area contributed by atoms with Crippen LogP contribution in [0.4, 0.5) is 11.4 Å². The quantitative estimate of drug-likeness (QED) is 0.211. The number of nitrogens with two attached hydrogens (primary N) is 1. The molecule has 0 saturated carbocycles. The van der Waals surface area contributed by atoms with Gasteiger partial charge >= 0.3 is 11.7 Å². The van der Waals surface area contributed by atoms with E-state index in [4.69, 9.17) is 15.2 Å². The van der Waals surface area contributed by atoms with E-state index in [1.54, 1.807) is 19.1 Å². The number of rotatable bonds is 7. The Morgan fingerprint density at radius 1 is 1.23 bits per heavy atom. The van der Waals surface area contributed by atoms with E-state index < -0.39 is 4.92 Å². The molecule has 0 amide bonds. The molecule has 0 saturated heterocycles. The number of hydrogen-bond donors (Lipinski definition) is 1. The zero-order valence-electron chi connectivity index (χ0n) is 20.1. The fourth-order valence-electron chi connectivity index (χ4n) is 4.76. The first kappa shape index (κ1) is 26.2. The molecule has 9 heteroatoms. The highest BCUT2D eigenvalue weighted by molar-refractivity contribution is 5.93. The summed E-state index contributed by atoms with van der Waals surface area (Å²) in [5.41, 5.74) is 10.7. The van der Waals surface area contributed by atoms with Gasteiger partial charge in [-0.2, -0.15) is 0 Å². The molecule has 3 aromatic carbocycles. The summed E-state index contributed by atoms with van der Waals surface area (Å²) < 4.78 is 10.3. The van der Waals surface area contributed by atoms with E-state index >= 15 is 0 Å². The molecule has 1 atom stereocenters. The average Bonchev–Trinajstić information content (AvgIpc) is 2.82. The Hall–Kier alpha value is -3.36. The zero-order chi connectivity index (χ0) is 24.4. The van der Waals surface area contributed by atoms with Crippen LogP contribution in [0.5, 0.6) is 5.75 Å². The number of methoxy groups -OCH3 is 1. The van der Waals surface area contributed by atoms with Crippen molar-refractivity contribution in [3.63, 3.8) is 0 Å². The first-order valence-corrected chi connectivity index (χ1v) is 11.4. The van der Waals surface area contributed by atoms with Crippen LogP contribution in [-0.2, 0) is 28.9 Å². The molecule has 3 aromatic rings. The van der Waals surface area contributed by atoms with E-state index in [0.717, 1.165) is 46.0 Å². The van der Waals surface area contributed by atoms with Crippen LogP contribution in [0.15, 0.2) is 42.5 Å². The number of nitrogens with zero attached hydrogens (tertiary/aromatic N) is 2. The van der Waals surface area contributed by atoms with Crippen LogP contribution >= 0.6 is 12.4 Å². The van der Waals surface area contributed by atoms with Crippen molar-refractivity contribution in [1.29, 1.82) is 0 Å². The number of carbonyl (C=O) groups excluding carboxylic acids is 1. The number of nitro groups is 1. The van der Waals surface area contributed by atoms with Crippen LogP contribution in [0.3, 0.4) is 0 Å². The van der Waals surface area contributed by atoms with Crippen molar-refractivity contribution in [1.82, 2.24) is 4.90 Å². The number of nitro benzene ring substituents is 1. The van der Waals surface area contributed by atoms with Gasteiger partial charge in [-0.15, -0.1) is 12.4 Å². The Labute approximate surface area is 210 Å². The summed E-state index contributed by atoms with van der Waals surface area (Å²) in [7, 11) is 1.46. The Kier molecular flexibility index (Phi) is 8.19. The molecule has 1 unspecified atom stereocenters. The monoisotopic (exact) mass is 499 g/mol. The number of halogens is 1. The summed E-state index contributed by atoms with van der Waals surface area (Å²) >= 11 is 0. The molecule has 35 heavy (non-hydrogen) atoms. The van der Waals surface area contributed by atoms with Crippen LogP contribution in [0, 0.1) is 10.1 Å². The number of esters is 1. The van der Waals surface area contributed by atoms with Crippen LogP contribution < -0.4 is 10.5 Å². The van der Waals surface area contributed by atoms with E-state index in [0.29, 0.717) is 24.6 Å². The lowest BCUT2D eigenvalue weighted by Crippen LogP contribution is -2.33. The van der Waals surface area contributed by atoms with E-state index in [1.807, 2.05) is 18.2 Å². The van der Waals surface area contributed by atoms with Crippen LogP contribution in [0.1, 0.15) is 42.1 Å². The highest BCUT2D eigenvalue weighted by atomic mass is 35.5. The van der Waals surface area contributed by atoms with E-state index in [1.165, 1.54) is 7.11 Å². The Morgan fingerprint density at radius 3 is 2.69 bits per heavy atom. The Balaban J connectivity index is 0.00000342. The molecule has 0 spiro atoms. The molecule has 0 radical (unpaired) electrons. The lowest BCUT2D eigenvalue weighted by Gasteiger charge is -2.35. The van der Waals surface area contributed by atoms with Gasteiger partial charge in [-0.1, -0.05) is 18.2 Å². The molecule has 0 aromatic heterocycles. The highest BCUT2D eigenvalue weighted by Crippen LogP contribution is 2.38. The predicted octanol–water partition coefficient (Wildman–Crippen LogP) is 4.99. The summed E-state index contributed by atoms with van der Waals surface area (Å²) in [6.45, 7) is 5.73. The Bertz CT molecular complexity index is 1260. The van der Waals surface area contributed by atoms with Crippen molar-refractivity contribution in [3.05, 3.63) is 74.8 Å². The maximum absolute atomic E-state index is 12.0. The van der Waals surface area contributed by atoms with Gasteiger partial charge in [0, 0.05) is 30.9 Å². The molecular formula is C26H30ClN3O5. The van der Waals surface area contributed by atoms with Crippen LogP contribution in [-0.4, -0.2) is 36.1 Å². The highest BCUT2D eigenvalue weighted by Gasteiger charge is 2.28. The fraction of sp³-hybridized carbons (Fsp3) is 0.346. The summed E-state index contributed by atoms with van der Waals surface area (Å²) in [5, 5.41) is 13.5. The van der Waals surface area contributed by atoms with Crippen LogP contribution in [0.25, 0.3) is 10.8 Å². The molecule has 2 N–H and O–H groups in total. The molecule has 1 aliphatic rings. The minimum atomic E-state index is -0.395. The van der Waals surface area contributed by atoms with Gasteiger partial charge in [-0.3, -0.25) is 19.8 Å². The summed E-state index contributed by atoms with van der Waals surface area (Å²) in [6.07, 6.45) is 0.931. The number of benzene rings is 3. The Morgan fingerprint density at radius 2 is 2.00 bits per heavy atom. The lowest BCUT2D eigenvalue weighted by molar-refractivity contribution is -0.385. The number of hydrogen-bond acceptors (Lipinski definition) is 7. The van der Waals surface area contributed by atoms with Gasteiger partial charge in [0.1, 0.15) is 0 Å². The third kappa shape index (κ3) is 5.33. The standard InChI is InChI=1S/C26H29N3O5.ClH/c1-4-34-26(30)14-22-20-7-5-17(11-18(20)6-8-23(22)27)15-28-10-9-19-12-25(33-3)24(29(31)32)13-21(19)16(28)2;/h5-8,11-13,16H,4,9-10,14-15,27H2,1-3H3;1H. The molecule has 0 bridgehead atoms. The molecule has 8 nitrogen and oxygen atoms in total. The average molecular weight is 500 g/mol. The maximum Gasteiger partial charge on any atom is 0.311 e. The second-order valence-electron chi connectivity index (χ2n) is 8.55. The second-order valence-corrected chi connectivity index (χ2v) is 8.55. The van der Waals surface area contributed by atoms with Crippen molar-refractivity contribution in [2.24, 2.45) is 0 Å². The van der Waals surface area contributed by atoms with Crippen molar-refractivity contribution in [2.75, 3.05) is 26.0 Å². The van der Waals surface area contributed by atoms with Gasteiger partial charge in [0.05, 0.1) is 25.1 Å². The maximum atomic E-state index is 12.0. The SMILES string of the molecule is CCOC(=O)Cc1c(N)ccc2cc(CN3CCc4cc(OC)c([N+](=O)[O-])cc4C3C)ccc12.Cl. The largest absolute Gasteiger partial charge is 0.490 e. The molecule has 0 fully saturated rings. The fourth-order valence-corrected chi connectivity index (χ4v) is 4.76. The molecule has 4 rings (SSSR count). The number of fused-ring (bicyclic) bond motifs is 2. The third-order valence-electron chi connectivity index (χ3n) is 6.55. The lowest BCUT2D eigenvalue weighted by atomic mass is 9.92. The molecule has 1 aliphatic heterocycles.